The highest BCUT2D eigenvalue weighted by Gasteiger charge is 2.21. The molecule has 4 nitrogen and oxygen atoms in total. The normalized spacial score (nSPS) is 17.5. The van der Waals surface area contributed by atoms with Gasteiger partial charge in [-0.25, -0.2) is 13.1 Å². The van der Waals surface area contributed by atoms with E-state index in [4.69, 9.17) is 0 Å². The van der Waals surface area contributed by atoms with Gasteiger partial charge in [-0.15, -0.1) is 11.3 Å². The van der Waals surface area contributed by atoms with Crippen LogP contribution in [0.4, 0.5) is 0 Å². The molecule has 1 saturated heterocycles. The summed E-state index contributed by atoms with van der Waals surface area (Å²) in [5, 5.41) is 3.07. The molecule has 0 atom stereocenters. The van der Waals surface area contributed by atoms with E-state index in [2.05, 4.69) is 10.0 Å². The molecule has 0 spiro atoms. The van der Waals surface area contributed by atoms with Crippen molar-refractivity contribution in [3.05, 3.63) is 16.5 Å². The second-order valence-corrected chi connectivity index (χ2v) is 9.46. The smallest absolute Gasteiger partial charge is 0.250 e. The van der Waals surface area contributed by atoms with E-state index < -0.39 is 10.0 Å². The van der Waals surface area contributed by atoms with Crippen LogP contribution in [0.25, 0.3) is 0 Å². The predicted octanol–water partition coefficient (Wildman–Crippen LogP) is 2.20. The number of thiophene rings is 1. The Kier molecular flexibility index (Phi) is 5.92. The van der Waals surface area contributed by atoms with Gasteiger partial charge in [-0.05, 0) is 55.9 Å². The monoisotopic (exact) mass is 334 g/mol. The van der Waals surface area contributed by atoms with Gasteiger partial charge in [-0.1, -0.05) is 0 Å². The van der Waals surface area contributed by atoms with Crippen molar-refractivity contribution < 1.29 is 8.42 Å². The van der Waals surface area contributed by atoms with Crippen molar-refractivity contribution in [1.29, 1.82) is 0 Å². The molecule has 0 saturated carbocycles. The van der Waals surface area contributed by atoms with E-state index in [1.54, 1.807) is 6.07 Å². The maximum absolute atomic E-state index is 12.3. The Morgan fingerprint density at radius 1 is 1.35 bits per heavy atom. The Morgan fingerprint density at radius 3 is 2.70 bits per heavy atom. The second-order valence-electron chi connectivity index (χ2n) is 5.11. The minimum absolute atomic E-state index is 0.436. The molecule has 20 heavy (non-hydrogen) atoms. The summed E-state index contributed by atoms with van der Waals surface area (Å²) in [6, 6.07) is 1.77. The van der Waals surface area contributed by atoms with Crippen molar-refractivity contribution in [3.63, 3.8) is 0 Å². The molecule has 0 aromatic carbocycles. The summed E-state index contributed by atoms with van der Waals surface area (Å²) in [7, 11) is -1.48. The molecule has 1 aromatic rings. The zero-order valence-electron chi connectivity index (χ0n) is 11.9. The maximum atomic E-state index is 12.3. The third-order valence-electron chi connectivity index (χ3n) is 3.50. The third kappa shape index (κ3) is 4.21. The fourth-order valence-corrected chi connectivity index (χ4v) is 6.17. The van der Waals surface area contributed by atoms with Crippen LogP contribution in [0.2, 0.25) is 0 Å². The van der Waals surface area contributed by atoms with Crippen LogP contribution in [0.3, 0.4) is 0 Å². The summed E-state index contributed by atoms with van der Waals surface area (Å²) in [5.41, 5.74) is 1.04. The molecule has 0 aliphatic carbocycles. The lowest BCUT2D eigenvalue weighted by Crippen LogP contribution is -2.30. The van der Waals surface area contributed by atoms with E-state index in [0.717, 1.165) is 34.8 Å². The Morgan fingerprint density at radius 2 is 2.05 bits per heavy atom. The fraction of sp³-hybridized carbons (Fsp3) is 0.692. The number of sulfonamides is 1. The number of aryl methyl sites for hydroxylation is 1. The second kappa shape index (κ2) is 7.26. The zero-order valence-corrected chi connectivity index (χ0v) is 14.4. The van der Waals surface area contributed by atoms with E-state index in [1.807, 2.05) is 25.7 Å². The van der Waals surface area contributed by atoms with Crippen molar-refractivity contribution in [2.45, 2.75) is 30.5 Å². The van der Waals surface area contributed by atoms with Gasteiger partial charge in [0.2, 0.25) is 10.0 Å². The highest BCUT2D eigenvalue weighted by Crippen LogP contribution is 2.27. The van der Waals surface area contributed by atoms with Crippen LogP contribution < -0.4 is 10.0 Å². The summed E-state index contributed by atoms with van der Waals surface area (Å²) in [6.45, 7) is 3.24. The van der Waals surface area contributed by atoms with Gasteiger partial charge in [0, 0.05) is 18.0 Å². The first-order valence-corrected chi connectivity index (χ1v) is 10.3. The average Bonchev–Trinajstić information content (AvgIpc) is 2.81. The molecular weight excluding hydrogens is 312 g/mol. The molecule has 7 heteroatoms. The highest BCUT2D eigenvalue weighted by atomic mass is 32.2. The first-order valence-electron chi connectivity index (χ1n) is 6.84. The molecule has 2 N–H and O–H groups in total. The summed E-state index contributed by atoms with van der Waals surface area (Å²) in [6.07, 6.45) is 2.23. The summed E-state index contributed by atoms with van der Waals surface area (Å²) < 4.78 is 27.9. The van der Waals surface area contributed by atoms with Gasteiger partial charge in [0.15, 0.2) is 0 Å². The minimum atomic E-state index is -3.35. The van der Waals surface area contributed by atoms with E-state index in [1.165, 1.54) is 11.3 Å². The molecule has 1 aliphatic heterocycles. The number of thioether (sulfide) groups is 1. The minimum Gasteiger partial charge on any atom is -0.315 e. The average molecular weight is 335 g/mol. The molecule has 114 valence electrons. The molecule has 2 heterocycles. The largest absolute Gasteiger partial charge is 0.315 e. The standard InChI is InChI=1S/C13H22N2O2S3/c1-10-7-13(19-12(10)9-14-2)20(16,17)15-8-11-3-5-18-6-4-11/h7,11,14-15H,3-6,8-9H2,1-2H3. The SMILES string of the molecule is CNCc1sc(S(=O)(=O)NCC2CCSCC2)cc1C. The van der Waals surface area contributed by atoms with E-state index in [9.17, 15) is 8.42 Å². The van der Waals surface area contributed by atoms with Crippen molar-refractivity contribution >= 4 is 33.1 Å². The number of hydrogen-bond donors (Lipinski definition) is 2. The molecule has 0 amide bonds. The zero-order chi connectivity index (χ0) is 14.6. The molecule has 0 radical (unpaired) electrons. The fourth-order valence-electron chi connectivity index (χ4n) is 2.21. The molecule has 2 rings (SSSR count). The molecule has 0 unspecified atom stereocenters. The van der Waals surface area contributed by atoms with Gasteiger partial charge in [0.1, 0.15) is 4.21 Å². The van der Waals surface area contributed by atoms with Gasteiger partial charge >= 0.3 is 0 Å². The van der Waals surface area contributed by atoms with Crippen LogP contribution in [-0.4, -0.2) is 33.5 Å². The number of hydrogen-bond acceptors (Lipinski definition) is 5. The van der Waals surface area contributed by atoms with Crippen LogP contribution >= 0.6 is 23.1 Å². The Balaban J connectivity index is 2.00. The van der Waals surface area contributed by atoms with E-state index in [0.29, 0.717) is 23.2 Å². The van der Waals surface area contributed by atoms with Crippen molar-refractivity contribution in [2.75, 3.05) is 25.1 Å². The predicted molar refractivity (Wildman–Crippen MR) is 87.1 cm³/mol. The molecule has 1 aromatic heterocycles. The first kappa shape index (κ1) is 16.3. The lowest BCUT2D eigenvalue weighted by molar-refractivity contribution is 0.477. The maximum Gasteiger partial charge on any atom is 0.250 e. The third-order valence-corrected chi connectivity index (χ3v) is 7.69. The molecule has 1 fully saturated rings. The van der Waals surface area contributed by atoms with Gasteiger partial charge in [0.05, 0.1) is 0 Å². The van der Waals surface area contributed by atoms with Crippen LogP contribution in [0.5, 0.6) is 0 Å². The number of nitrogens with one attached hydrogen (secondary N) is 2. The van der Waals surface area contributed by atoms with Crippen molar-refractivity contribution in [3.8, 4) is 0 Å². The van der Waals surface area contributed by atoms with Gasteiger partial charge in [0.25, 0.3) is 0 Å². The summed E-state index contributed by atoms with van der Waals surface area (Å²) in [4.78, 5) is 1.09. The first-order chi connectivity index (χ1) is 9.53. The Hall–Kier alpha value is -0.0800. The van der Waals surface area contributed by atoms with Gasteiger partial charge < -0.3 is 5.32 Å². The summed E-state index contributed by atoms with van der Waals surface area (Å²) >= 11 is 3.32. The Labute approximate surface area is 129 Å². The quantitative estimate of drug-likeness (QED) is 0.837. The highest BCUT2D eigenvalue weighted by molar-refractivity contribution is 7.99. The van der Waals surface area contributed by atoms with Crippen LogP contribution in [0.15, 0.2) is 10.3 Å². The lowest BCUT2D eigenvalue weighted by atomic mass is 10.0. The summed E-state index contributed by atoms with van der Waals surface area (Å²) in [5.74, 6) is 2.79. The molecular formula is C13H22N2O2S3. The van der Waals surface area contributed by atoms with Crippen LogP contribution in [0, 0.1) is 12.8 Å². The molecule has 0 bridgehead atoms. The van der Waals surface area contributed by atoms with Crippen molar-refractivity contribution in [2.24, 2.45) is 5.92 Å². The van der Waals surface area contributed by atoms with Crippen LogP contribution in [0.1, 0.15) is 23.3 Å². The number of rotatable bonds is 6. The topological polar surface area (TPSA) is 58.2 Å². The Bertz CT molecular complexity index is 534. The van der Waals surface area contributed by atoms with Crippen molar-refractivity contribution in [1.82, 2.24) is 10.0 Å². The van der Waals surface area contributed by atoms with Gasteiger partial charge in [-0.3, -0.25) is 0 Å². The van der Waals surface area contributed by atoms with Crippen LogP contribution in [-0.2, 0) is 16.6 Å². The van der Waals surface area contributed by atoms with E-state index >= 15 is 0 Å². The lowest BCUT2D eigenvalue weighted by Gasteiger charge is -2.21. The van der Waals surface area contributed by atoms with Gasteiger partial charge in [-0.2, -0.15) is 11.8 Å². The van der Waals surface area contributed by atoms with E-state index in [-0.39, 0.29) is 0 Å². The molecule has 1 aliphatic rings.